The minimum absolute atomic E-state index is 0.0413. The molecule has 0 spiro atoms. The summed E-state index contributed by atoms with van der Waals surface area (Å²) in [4.78, 5) is 21.6. The van der Waals surface area contributed by atoms with Gasteiger partial charge in [-0.15, -0.1) is 0 Å². The first-order valence-electron chi connectivity index (χ1n) is 4.44. The van der Waals surface area contributed by atoms with Gasteiger partial charge in [0, 0.05) is 13.5 Å². The topological polar surface area (TPSA) is 61.8 Å². The first-order chi connectivity index (χ1) is 6.70. The van der Waals surface area contributed by atoms with Crippen LogP contribution < -0.4 is 0 Å². The molecule has 0 aliphatic heterocycles. The number of carbonyl (C=O) groups excluding carboxylic acids is 2. The minimum Gasteiger partial charge on any atom is -0.458 e. The van der Waals surface area contributed by atoms with Crippen molar-refractivity contribution in [2.24, 2.45) is 0 Å². The monoisotopic (exact) mass is 204 g/mol. The molecule has 5 nitrogen and oxygen atoms in total. The normalized spacial score (nSPS) is 9.86. The molecule has 0 aliphatic carbocycles. The van der Waals surface area contributed by atoms with Crippen molar-refractivity contribution in [3.63, 3.8) is 0 Å². The third-order valence-electron chi connectivity index (χ3n) is 1.38. The van der Waals surface area contributed by atoms with E-state index in [0.29, 0.717) is 13.2 Å². The molecule has 82 valence electrons. The summed E-state index contributed by atoms with van der Waals surface area (Å²) in [5.74, 6) is -0.627. The van der Waals surface area contributed by atoms with Gasteiger partial charge in [-0.1, -0.05) is 6.92 Å². The number of methoxy groups -OCH3 is 1. The fraction of sp³-hybridized carbons (Fsp3) is 0.778. The summed E-state index contributed by atoms with van der Waals surface area (Å²) in [6, 6.07) is 0. The van der Waals surface area contributed by atoms with Crippen LogP contribution >= 0.6 is 0 Å². The van der Waals surface area contributed by atoms with Crippen LogP contribution in [0.2, 0.25) is 0 Å². The molecule has 0 aromatic carbocycles. The molecule has 14 heavy (non-hydrogen) atoms. The maximum absolute atomic E-state index is 11.0. The summed E-state index contributed by atoms with van der Waals surface area (Å²) in [5, 5.41) is 0. The van der Waals surface area contributed by atoms with E-state index in [-0.39, 0.29) is 31.4 Å². The largest absolute Gasteiger partial charge is 0.458 e. The molecule has 0 aromatic rings. The number of hydrogen-bond donors (Lipinski definition) is 0. The third kappa shape index (κ3) is 7.70. The maximum Gasteiger partial charge on any atom is 0.305 e. The van der Waals surface area contributed by atoms with Gasteiger partial charge in [0.25, 0.3) is 0 Å². The van der Waals surface area contributed by atoms with Crippen molar-refractivity contribution >= 4 is 11.8 Å². The molecule has 0 unspecified atom stereocenters. The number of esters is 1. The van der Waals surface area contributed by atoms with Gasteiger partial charge in [-0.25, -0.2) is 0 Å². The Morgan fingerprint density at radius 1 is 1.14 bits per heavy atom. The molecule has 0 saturated heterocycles. The number of ketones is 1. The van der Waals surface area contributed by atoms with Gasteiger partial charge in [0.1, 0.15) is 6.61 Å². The van der Waals surface area contributed by atoms with Crippen LogP contribution in [0.15, 0.2) is 0 Å². The van der Waals surface area contributed by atoms with E-state index in [0.717, 1.165) is 0 Å². The van der Waals surface area contributed by atoms with E-state index in [1.165, 1.54) is 0 Å². The van der Waals surface area contributed by atoms with Crippen LogP contribution in [-0.4, -0.2) is 45.3 Å². The molecule has 0 atom stereocenters. The van der Waals surface area contributed by atoms with E-state index in [1.54, 1.807) is 14.0 Å². The van der Waals surface area contributed by atoms with Crippen molar-refractivity contribution < 1.29 is 23.8 Å². The lowest BCUT2D eigenvalue weighted by atomic mass is 10.4. The van der Waals surface area contributed by atoms with E-state index in [4.69, 9.17) is 9.47 Å². The Kier molecular flexibility index (Phi) is 8.07. The molecule has 0 heterocycles. The zero-order chi connectivity index (χ0) is 10.8. The van der Waals surface area contributed by atoms with Crippen LogP contribution in [0.4, 0.5) is 0 Å². The van der Waals surface area contributed by atoms with Gasteiger partial charge >= 0.3 is 5.97 Å². The molecule has 0 amide bonds. The van der Waals surface area contributed by atoms with Crippen molar-refractivity contribution in [2.75, 3.05) is 33.5 Å². The Morgan fingerprint density at radius 3 is 2.43 bits per heavy atom. The van der Waals surface area contributed by atoms with E-state index in [2.05, 4.69) is 4.74 Å². The second-order valence-corrected chi connectivity index (χ2v) is 2.60. The first kappa shape index (κ1) is 13.1. The Labute approximate surface area is 83.3 Å². The smallest absolute Gasteiger partial charge is 0.305 e. The number of ether oxygens (including phenoxy) is 3. The molecule has 0 radical (unpaired) electrons. The van der Waals surface area contributed by atoms with Crippen molar-refractivity contribution in [1.82, 2.24) is 0 Å². The Bertz CT molecular complexity index is 178. The lowest BCUT2D eigenvalue weighted by Gasteiger charge is -2.03. The van der Waals surface area contributed by atoms with Crippen LogP contribution in [0.5, 0.6) is 0 Å². The summed E-state index contributed by atoms with van der Waals surface area (Å²) in [6.07, 6.45) is 0.276. The predicted octanol–water partition coefficient (Wildman–Crippen LogP) is 0.172. The van der Waals surface area contributed by atoms with Crippen LogP contribution in [0.25, 0.3) is 0 Å². The second-order valence-electron chi connectivity index (χ2n) is 2.60. The van der Waals surface area contributed by atoms with E-state index < -0.39 is 0 Å². The summed E-state index contributed by atoms with van der Waals surface area (Å²) in [5.41, 5.74) is 0. The molecule has 0 rings (SSSR count). The number of carbonyl (C=O) groups is 2. The minimum atomic E-state index is -0.379. The molecule has 0 aliphatic rings. The molecule has 5 heteroatoms. The van der Waals surface area contributed by atoms with E-state index >= 15 is 0 Å². The number of hydrogen-bond acceptors (Lipinski definition) is 5. The van der Waals surface area contributed by atoms with Crippen LogP contribution in [-0.2, 0) is 23.8 Å². The highest BCUT2D eigenvalue weighted by atomic mass is 16.5. The highest BCUT2D eigenvalue weighted by Gasteiger charge is 2.05. The SMILES string of the molecule is CCC(=O)OCC(=O)COCCOC. The summed E-state index contributed by atoms with van der Waals surface area (Å²) in [7, 11) is 1.55. The van der Waals surface area contributed by atoms with Gasteiger partial charge in [0.2, 0.25) is 0 Å². The molecule has 0 bridgehead atoms. The van der Waals surface area contributed by atoms with Crippen molar-refractivity contribution in [3.05, 3.63) is 0 Å². The zero-order valence-corrected chi connectivity index (χ0v) is 8.58. The summed E-state index contributed by atoms with van der Waals surface area (Å²) < 4.78 is 14.3. The van der Waals surface area contributed by atoms with Crippen molar-refractivity contribution in [3.8, 4) is 0 Å². The van der Waals surface area contributed by atoms with Crippen LogP contribution in [0.1, 0.15) is 13.3 Å². The molecular weight excluding hydrogens is 188 g/mol. The first-order valence-corrected chi connectivity index (χ1v) is 4.44. The van der Waals surface area contributed by atoms with Gasteiger partial charge in [-0.05, 0) is 0 Å². The standard InChI is InChI=1S/C9H16O5/c1-3-9(11)14-7-8(10)6-13-5-4-12-2/h3-7H2,1-2H3. The Balaban J connectivity index is 3.32. The molecule has 0 N–H and O–H groups in total. The Morgan fingerprint density at radius 2 is 1.86 bits per heavy atom. The molecule has 0 aromatic heterocycles. The number of Topliss-reactive ketones (excluding diaryl/α,β-unsaturated/α-hetero) is 1. The van der Waals surface area contributed by atoms with Crippen molar-refractivity contribution in [2.45, 2.75) is 13.3 Å². The zero-order valence-electron chi connectivity index (χ0n) is 8.58. The second kappa shape index (κ2) is 8.65. The van der Waals surface area contributed by atoms with Gasteiger partial charge in [-0.2, -0.15) is 0 Å². The van der Waals surface area contributed by atoms with E-state index in [1.807, 2.05) is 0 Å². The quantitative estimate of drug-likeness (QED) is 0.416. The van der Waals surface area contributed by atoms with Gasteiger partial charge in [-0.3, -0.25) is 9.59 Å². The van der Waals surface area contributed by atoms with Gasteiger partial charge in [0.05, 0.1) is 13.2 Å². The highest BCUT2D eigenvalue weighted by molar-refractivity contribution is 5.83. The highest BCUT2D eigenvalue weighted by Crippen LogP contribution is 1.86. The van der Waals surface area contributed by atoms with Crippen molar-refractivity contribution in [1.29, 1.82) is 0 Å². The molecule has 0 saturated carbocycles. The average Bonchev–Trinajstić information content (AvgIpc) is 2.21. The predicted molar refractivity (Wildman–Crippen MR) is 49.0 cm³/mol. The van der Waals surface area contributed by atoms with E-state index in [9.17, 15) is 9.59 Å². The number of rotatable bonds is 8. The third-order valence-corrected chi connectivity index (χ3v) is 1.38. The lowest BCUT2D eigenvalue weighted by Crippen LogP contribution is -2.19. The maximum atomic E-state index is 11.0. The summed E-state index contributed by atoms with van der Waals surface area (Å²) in [6.45, 7) is 2.23. The van der Waals surface area contributed by atoms with Gasteiger partial charge < -0.3 is 14.2 Å². The van der Waals surface area contributed by atoms with Crippen LogP contribution in [0, 0.1) is 0 Å². The fourth-order valence-corrected chi connectivity index (χ4v) is 0.633. The van der Waals surface area contributed by atoms with Crippen LogP contribution in [0.3, 0.4) is 0 Å². The molecular formula is C9H16O5. The molecule has 0 fully saturated rings. The Hall–Kier alpha value is -0.940. The lowest BCUT2D eigenvalue weighted by molar-refractivity contribution is -0.148. The summed E-state index contributed by atoms with van der Waals surface area (Å²) >= 11 is 0. The van der Waals surface area contributed by atoms with Gasteiger partial charge in [0.15, 0.2) is 12.4 Å². The average molecular weight is 204 g/mol. The fourth-order valence-electron chi connectivity index (χ4n) is 0.633.